The summed E-state index contributed by atoms with van der Waals surface area (Å²) in [6, 6.07) is 6.92. The molecular weight excluding hydrogens is 312 g/mol. The van der Waals surface area contributed by atoms with Gasteiger partial charge in [0.25, 0.3) is 5.91 Å². The number of rotatable bonds is 10. The van der Waals surface area contributed by atoms with Crippen molar-refractivity contribution in [2.75, 3.05) is 6.54 Å². The molecule has 0 saturated carbocycles. The standard InChI is InChI=1S/C21H34N2O2/c1-6-8-12-17(7-2)14-22-21(25)19(15(3)4)23-20(24)18-13-10-9-11-16(18)5/h9-11,13,15,17,19H,6-8,12,14H2,1-5H3,(H,22,25)(H,23,24). The van der Waals surface area contributed by atoms with E-state index in [9.17, 15) is 9.59 Å². The normalized spacial score (nSPS) is 13.4. The number of hydrogen-bond donors (Lipinski definition) is 2. The SMILES string of the molecule is CCCCC(CC)CNC(=O)C(NC(=O)c1ccccc1C)C(C)C. The molecule has 25 heavy (non-hydrogen) atoms. The van der Waals surface area contributed by atoms with Gasteiger partial charge in [0.05, 0.1) is 0 Å². The van der Waals surface area contributed by atoms with Gasteiger partial charge in [-0.25, -0.2) is 0 Å². The van der Waals surface area contributed by atoms with Gasteiger partial charge in [-0.1, -0.05) is 65.2 Å². The molecule has 2 N–H and O–H groups in total. The van der Waals surface area contributed by atoms with Gasteiger partial charge in [0.2, 0.25) is 5.91 Å². The lowest BCUT2D eigenvalue weighted by molar-refractivity contribution is -0.124. The van der Waals surface area contributed by atoms with Crippen LogP contribution in [0.5, 0.6) is 0 Å². The maximum atomic E-state index is 12.6. The van der Waals surface area contributed by atoms with Crippen LogP contribution in [-0.2, 0) is 4.79 Å². The van der Waals surface area contributed by atoms with Crippen molar-refractivity contribution in [1.29, 1.82) is 0 Å². The summed E-state index contributed by atoms with van der Waals surface area (Å²) >= 11 is 0. The van der Waals surface area contributed by atoms with Gasteiger partial charge in [-0.2, -0.15) is 0 Å². The smallest absolute Gasteiger partial charge is 0.252 e. The Kier molecular flexibility index (Phi) is 9.25. The van der Waals surface area contributed by atoms with E-state index in [2.05, 4.69) is 24.5 Å². The van der Waals surface area contributed by atoms with Gasteiger partial charge < -0.3 is 10.6 Å². The summed E-state index contributed by atoms with van der Waals surface area (Å²) in [4.78, 5) is 25.1. The van der Waals surface area contributed by atoms with Crippen LogP contribution in [0.4, 0.5) is 0 Å². The van der Waals surface area contributed by atoms with Crippen molar-refractivity contribution in [2.45, 2.75) is 66.3 Å². The lowest BCUT2D eigenvalue weighted by Crippen LogP contribution is -2.50. The Morgan fingerprint density at radius 2 is 1.80 bits per heavy atom. The number of aryl methyl sites for hydroxylation is 1. The van der Waals surface area contributed by atoms with E-state index < -0.39 is 6.04 Å². The molecule has 0 spiro atoms. The number of unbranched alkanes of at least 4 members (excludes halogenated alkanes) is 1. The molecule has 0 bridgehead atoms. The first-order chi connectivity index (χ1) is 11.9. The molecule has 0 aliphatic heterocycles. The minimum absolute atomic E-state index is 0.0312. The van der Waals surface area contributed by atoms with Gasteiger partial charge in [0, 0.05) is 12.1 Å². The average molecular weight is 347 g/mol. The number of carbonyl (C=O) groups is 2. The second kappa shape index (κ2) is 10.9. The molecule has 2 amide bonds. The van der Waals surface area contributed by atoms with Gasteiger partial charge in [0.1, 0.15) is 6.04 Å². The van der Waals surface area contributed by atoms with E-state index in [1.807, 2.05) is 39.0 Å². The Morgan fingerprint density at radius 3 is 2.36 bits per heavy atom. The number of nitrogens with one attached hydrogen (secondary N) is 2. The number of hydrogen-bond acceptors (Lipinski definition) is 2. The molecule has 1 aromatic rings. The predicted octanol–water partition coefficient (Wildman–Crippen LogP) is 4.08. The summed E-state index contributed by atoms with van der Waals surface area (Å²) in [5.41, 5.74) is 1.53. The van der Waals surface area contributed by atoms with Crippen molar-refractivity contribution >= 4 is 11.8 Å². The number of amides is 2. The lowest BCUT2D eigenvalue weighted by atomic mass is 9.98. The summed E-state index contributed by atoms with van der Waals surface area (Å²) in [6.45, 7) is 10.8. The highest BCUT2D eigenvalue weighted by molar-refractivity contribution is 5.98. The largest absolute Gasteiger partial charge is 0.354 e. The monoisotopic (exact) mass is 346 g/mol. The molecule has 2 unspecified atom stereocenters. The van der Waals surface area contributed by atoms with Crippen molar-refractivity contribution in [3.05, 3.63) is 35.4 Å². The minimum Gasteiger partial charge on any atom is -0.354 e. The Hall–Kier alpha value is -1.84. The topological polar surface area (TPSA) is 58.2 Å². The molecule has 140 valence electrons. The Morgan fingerprint density at radius 1 is 1.12 bits per heavy atom. The van der Waals surface area contributed by atoms with Crippen LogP contribution < -0.4 is 10.6 Å². The summed E-state index contributed by atoms with van der Waals surface area (Å²) in [7, 11) is 0. The molecule has 1 aromatic carbocycles. The second-order valence-corrected chi connectivity index (χ2v) is 7.17. The maximum absolute atomic E-state index is 12.6. The number of benzene rings is 1. The molecule has 0 radical (unpaired) electrons. The molecule has 0 saturated heterocycles. The highest BCUT2D eigenvalue weighted by atomic mass is 16.2. The Bertz CT molecular complexity index is 555. The molecule has 0 aliphatic rings. The third-order valence-corrected chi connectivity index (χ3v) is 4.73. The maximum Gasteiger partial charge on any atom is 0.252 e. The van der Waals surface area contributed by atoms with E-state index in [1.165, 1.54) is 12.8 Å². The fourth-order valence-corrected chi connectivity index (χ4v) is 2.88. The zero-order valence-electron chi connectivity index (χ0n) is 16.4. The van der Waals surface area contributed by atoms with Crippen LogP contribution in [0, 0.1) is 18.8 Å². The molecule has 2 atom stereocenters. The quantitative estimate of drug-likeness (QED) is 0.670. The highest BCUT2D eigenvalue weighted by Crippen LogP contribution is 2.12. The second-order valence-electron chi connectivity index (χ2n) is 7.17. The summed E-state index contributed by atoms with van der Waals surface area (Å²) in [6.07, 6.45) is 4.55. The van der Waals surface area contributed by atoms with Crippen molar-refractivity contribution in [2.24, 2.45) is 11.8 Å². The van der Waals surface area contributed by atoms with E-state index in [0.29, 0.717) is 18.0 Å². The molecular formula is C21H34N2O2. The number of carbonyl (C=O) groups excluding carboxylic acids is 2. The first kappa shape index (κ1) is 21.2. The van der Waals surface area contributed by atoms with E-state index >= 15 is 0 Å². The molecule has 0 aliphatic carbocycles. The van der Waals surface area contributed by atoms with Gasteiger partial charge in [-0.05, 0) is 36.8 Å². The Labute approximate surface area is 152 Å². The first-order valence-corrected chi connectivity index (χ1v) is 9.54. The molecule has 0 fully saturated rings. The summed E-state index contributed by atoms with van der Waals surface area (Å²) < 4.78 is 0. The third-order valence-electron chi connectivity index (χ3n) is 4.73. The van der Waals surface area contributed by atoms with Gasteiger partial charge in [-0.15, -0.1) is 0 Å². The fourth-order valence-electron chi connectivity index (χ4n) is 2.88. The summed E-state index contributed by atoms with van der Waals surface area (Å²) in [5, 5.41) is 5.95. The molecule has 4 heteroatoms. The molecule has 0 heterocycles. The van der Waals surface area contributed by atoms with Gasteiger partial charge in [0.15, 0.2) is 0 Å². The predicted molar refractivity (Wildman–Crippen MR) is 104 cm³/mol. The average Bonchev–Trinajstić information content (AvgIpc) is 2.59. The van der Waals surface area contributed by atoms with E-state index in [4.69, 9.17) is 0 Å². The Balaban J connectivity index is 2.68. The van der Waals surface area contributed by atoms with E-state index in [0.717, 1.165) is 18.4 Å². The zero-order chi connectivity index (χ0) is 18.8. The van der Waals surface area contributed by atoms with Crippen LogP contribution in [0.1, 0.15) is 69.3 Å². The van der Waals surface area contributed by atoms with Crippen LogP contribution in [-0.4, -0.2) is 24.4 Å². The third kappa shape index (κ3) is 6.89. The van der Waals surface area contributed by atoms with Gasteiger partial charge >= 0.3 is 0 Å². The van der Waals surface area contributed by atoms with Crippen LogP contribution >= 0.6 is 0 Å². The van der Waals surface area contributed by atoms with E-state index in [-0.39, 0.29) is 17.7 Å². The van der Waals surface area contributed by atoms with Gasteiger partial charge in [-0.3, -0.25) is 9.59 Å². The fraction of sp³-hybridized carbons (Fsp3) is 0.619. The minimum atomic E-state index is -0.518. The highest BCUT2D eigenvalue weighted by Gasteiger charge is 2.25. The molecule has 0 aromatic heterocycles. The van der Waals surface area contributed by atoms with E-state index in [1.54, 1.807) is 6.07 Å². The van der Waals surface area contributed by atoms with Crippen molar-refractivity contribution in [3.8, 4) is 0 Å². The lowest BCUT2D eigenvalue weighted by Gasteiger charge is -2.24. The van der Waals surface area contributed by atoms with Crippen LogP contribution in [0.15, 0.2) is 24.3 Å². The van der Waals surface area contributed by atoms with Crippen molar-refractivity contribution in [1.82, 2.24) is 10.6 Å². The van der Waals surface area contributed by atoms with Crippen LogP contribution in [0.25, 0.3) is 0 Å². The molecule has 1 rings (SSSR count). The first-order valence-electron chi connectivity index (χ1n) is 9.54. The zero-order valence-corrected chi connectivity index (χ0v) is 16.4. The van der Waals surface area contributed by atoms with Crippen molar-refractivity contribution in [3.63, 3.8) is 0 Å². The molecule has 4 nitrogen and oxygen atoms in total. The van der Waals surface area contributed by atoms with Crippen molar-refractivity contribution < 1.29 is 9.59 Å². The summed E-state index contributed by atoms with van der Waals surface area (Å²) in [5.74, 6) is 0.254. The van der Waals surface area contributed by atoms with Crippen LogP contribution in [0.3, 0.4) is 0 Å². The van der Waals surface area contributed by atoms with Crippen LogP contribution in [0.2, 0.25) is 0 Å².